The van der Waals surface area contributed by atoms with E-state index in [0.717, 1.165) is 65.4 Å². The Kier molecular flexibility index (Phi) is 5.56. The molecule has 5 rings (SSSR count). The number of fused-ring (bicyclic) bond motifs is 1. The number of rotatable bonds is 4. The third kappa shape index (κ3) is 4.45. The minimum Gasteiger partial charge on any atom is -0.461 e. The second-order valence-corrected chi connectivity index (χ2v) is 8.63. The van der Waals surface area contributed by atoms with Crippen LogP contribution in [0.3, 0.4) is 0 Å². The summed E-state index contributed by atoms with van der Waals surface area (Å²) >= 11 is 0. The first kappa shape index (κ1) is 21.2. The topological polar surface area (TPSA) is 74.5 Å². The molecule has 1 aromatic carbocycles. The third-order valence-corrected chi connectivity index (χ3v) is 6.25. The Labute approximate surface area is 193 Å². The Morgan fingerprint density at radius 3 is 2.55 bits per heavy atom. The third-order valence-electron chi connectivity index (χ3n) is 6.25. The Bertz CT molecular complexity index is 1300. The molecule has 0 spiro atoms. The summed E-state index contributed by atoms with van der Waals surface area (Å²) in [7, 11) is 2.12. The van der Waals surface area contributed by atoms with Gasteiger partial charge in [0.25, 0.3) is 5.91 Å². The fourth-order valence-electron chi connectivity index (χ4n) is 4.03. The molecule has 4 aromatic rings. The first-order chi connectivity index (χ1) is 16.0. The number of hydrogen-bond donors (Lipinski definition) is 1. The number of nitrogens with one attached hydrogen (secondary N) is 1. The molecule has 7 heteroatoms. The average Bonchev–Trinajstić information content (AvgIpc) is 3.17. The maximum atomic E-state index is 12.9. The zero-order valence-electron chi connectivity index (χ0n) is 19.1. The van der Waals surface area contributed by atoms with Crippen molar-refractivity contribution in [3.8, 4) is 11.3 Å². The largest absolute Gasteiger partial charge is 0.461 e. The Morgan fingerprint density at radius 2 is 1.79 bits per heavy atom. The zero-order chi connectivity index (χ0) is 22.9. The molecule has 168 valence electrons. The van der Waals surface area contributed by atoms with Gasteiger partial charge < -0.3 is 19.5 Å². The molecule has 1 amide bonds. The number of amides is 1. The lowest BCUT2D eigenvalue weighted by molar-refractivity contribution is 0.102. The van der Waals surface area contributed by atoms with E-state index in [1.165, 1.54) is 0 Å². The average molecular weight is 442 g/mol. The van der Waals surface area contributed by atoms with Gasteiger partial charge in [0.15, 0.2) is 0 Å². The van der Waals surface area contributed by atoms with E-state index >= 15 is 0 Å². The van der Waals surface area contributed by atoms with Crippen LogP contribution in [0.4, 0.5) is 11.6 Å². The van der Waals surface area contributed by atoms with Crippen molar-refractivity contribution in [3.05, 3.63) is 71.7 Å². The van der Waals surface area contributed by atoms with Crippen LogP contribution in [0, 0.1) is 13.8 Å². The van der Waals surface area contributed by atoms with Crippen molar-refractivity contribution < 1.29 is 9.21 Å². The lowest BCUT2D eigenvalue weighted by Gasteiger charge is -2.33. The molecule has 0 bridgehead atoms. The Morgan fingerprint density at radius 1 is 0.970 bits per heavy atom. The number of aromatic nitrogens is 2. The van der Waals surface area contributed by atoms with Gasteiger partial charge in [0.2, 0.25) is 0 Å². The predicted octanol–water partition coefficient (Wildman–Crippen LogP) is 4.51. The number of hydrogen-bond acceptors (Lipinski definition) is 6. The van der Waals surface area contributed by atoms with E-state index in [9.17, 15) is 4.79 Å². The van der Waals surface area contributed by atoms with Crippen molar-refractivity contribution in [3.63, 3.8) is 0 Å². The molecule has 0 aliphatic carbocycles. The summed E-state index contributed by atoms with van der Waals surface area (Å²) in [5, 5.41) is 4.91. The summed E-state index contributed by atoms with van der Waals surface area (Å²) in [5.41, 5.74) is 2.69. The van der Waals surface area contributed by atoms with E-state index in [2.05, 4.69) is 38.2 Å². The van der Waals surface area contributed by atoms with E-state index in [1.54, 1.807) is 18.5 Å². The van der Waals surface area contributed by atoms with Gasteiger partial charge in [-0.2, -0.15) is 0 Å². The second kappa shape index (κ2) is 8.67. The van der Waals surface area contributed by atoms with Crippen LogP contribution in [0.5, 0.6) is 0 Å². The number of likely N-dealkylation sites (N-methyl/N-ethyl adjacent to an activating group) is 1. The molecule has 1 N–H and O–H groups in total. The zero-order valence-corrected chi connectivity index (χ0v) is 19.1. The highest BCUT2D eigenvalue weighted by Gasteiger charge is 2.17. The molecule has 1 fully saturated rings. The Hall–Kier alpha value is -3.71. The van der Waals surface area contributed by atoms with Crippen LogP contribution in [-0.4, -0.2) is 54.0 Å². The normalized spacial score (nSPS) is 14.6. The van der Waals surface area contributed by atoms with Crippen LogP contribution < -0.4 is 10.2 Å². The smallest absolute Gasteiger partial charge is 0.257 e. The lowest BCUT2D eigenvalue weighted by atomic mass is 10.1. The van der Waals surface area contributed by atoms with Crippen LogP contribution in [0.1, 0.15) is 21.7 Å². The van der Waals surface area contributed by atoms with Crippen molar-refractivity contribution >= 4 is 28.3 Å². The molecular weight excluding hydrogens is 414 g/mol. The number of aryl methyl sites for hydroxylation is 2. The number of benzene rings is 1. The van der Waals surface area contributed by atoms with Crippen molar-refractivity contribution in [1.29, 1.82) is 0 Å². The number of carbonyl (C=O) groups excluding carboxylic acids is 1. The molecular formula is C26H27N5O2. The molecule has 0 atom stereocenters. The highest BCUT2D eigenvalue weighted by atomic mass is 16.3. The fraction of sp³-hybridized carbons (Fsp3) is 0.269. The maximum absolute atomic E-state index is 12.9. The number of furan rings is 1. The van der Waals surface area contributed by atoms with Crippen LogP contribution in [0.15, 0.2) is 59.3 Å². The van der Waals surface area contributed by atoms with Gasteiger partial charge in [-0.15, -0.1) is 0 Å². The molecule has 4 heterocycles. The highest BCUT2D eigenvalue weighted by Crippen LogP contribution is 2.28. The fourth-order valence-corrected chi connectivity index (χ4v) is 4.03. The quantitative estimate of drug-likeness (QED) is 0.502. The van der Waals surface area contributed by atoms with Gasteiger partial charge in [0.05, 0.1) is 0 Å². The minimum absolute atomic E-state index is 0.201. The van der Waals surface area contributed by atoms with E-state index in [-0.39, 0.29) is 5.91 Å². The van der Waals surface area contributed by atoms with E-state index < -0.39 is 0 Å². The number of carbonyl (C=O) groups is 1. The van der Waals surface area contributed by atoms with Gasteiger partial charge in [-0.3, -0.25) is 4.79 Å². The van der Waals surface area contributed by atoms with Crippen molar-refractivity contribution in [2.45, 2.75) is 13.8 Å². The monoisotopic (exact) mass is 441 g/mol. The highest BCUT2D eigenvalue weighted by molar-refractivity contribution is 6.05. The second-order valence-electron chi connectivity index (χ2n) is 8.63. The predicted molar refractivity (Wildman–Crippen MR) is 131 cm³/mol. The van der Waals surface area contributed by atoms with Crippen molar-refractivity contribution in [2.75, 3.05) is 43.4 Å². The molecule has 1 aliphatic rings. The van der Waals surface area contributed by atoms with Crippen LogP contribution in [0.25, 0.3) is 22.1 Å². The molecule has 0 radical (unpaired) electrons. The molecule has 1 saturated heterocycles. The first-order valence-electron chi connectivity index (χ1n) is 11.1. The lowest BCUT2D eigenvalue weighted by Crippen LogP contribution is -2.44. The van der Waals surface area contributed by atoms with Gasteiger partial charge in [-0.25, -0.2) is 9.97 Å². The molecule has 7 nitrogen and oxygen atoms in total. The summed E-state index contributed by atoms with van der Waals surface area (Å²) < 4.78 is 5.87. The van der Waals surface area contributed by atoms with E-state index in [4.69, 9.17) is 4.42 Å². The van der Waals surface area contributed by atoms with E-state index in [1.807, 2.05) is 44.2 Å². The number of anilines is 2. The van der Waals surface area contributed by atoms with Gasteiger partial charge in [0.1, 0.15) is 23.2 Å². The molecule has 1 aliphatic heterocycles. The van der Waals surface area contributed by atoms with Gasteiger partial charge in [-0.05, 0) is 62.2 Å². The number of nitrogens with zero attached hydrogens (tertiary/aromatic N) is 4. The van der Waals surface area contributed by atoms with Crippen molar-refractivity contribution in [2.24, 2.45) is 0 Å². The SMILES string of the molecule is Cc1cc(-c2ccc3cnc(NC(=O)c4ccnc(N5CCN(C)CC5)c4)cc3c2)oc1C. The molecule has 3 aromatic heterocycles. The van der Waals surface area contributed by atoms with E-state index in [0.29, 0.717) is 11.4 Å². The summed E-state index contributed by atoms with van der Waals surface area (Å²) in [6.07, 6.45) is 3.46. The van der Waals surface area contributed by atoms with Crippen LogP contribution in [0.2, 0.25) is 0 Å². The molecule has 33 heavy (non-hydrogen) atoms. The van der Waals surface area contributed by atoms with Crippen LogP contribution in [-0.2, 0) is 0 Å². The summed E-state index contributed by atoms with van der Waals surface area (Å²) in [6.45, 7) is 7.77. The minimum atomic E-state index is -0.201. The summed E-state index contributed by atoms with van der Waals surface area (Å²) in [4.78, 5) is 26.3. The van der Waals surface area contributed by atoms with Gasteiger partial charge >= 0.3 is 0 Å². The molecule has 0 unspecified atom stereocenters. The van der Waals surface area contributed by atoms with Gasteiger partial charge in [0, 0.05) is 55.1 Å². The van der Waals surface area contributed by atoms with Crippen molar-refractivity contribution in [1.82, 2.24) is 14.9 Å². The van der Waals surface area contributed by atoms with Crippen LogP contribution >= 0.6 is 0 Å². The molecule has 0 saturated carbocycles. The maximum Gasteiger partial charge on any atom is 0.257 e. The number of pyridine rings is 2. The first-order valence-corrected chi connectivity index (χ1v) is 11.1. The summed E-state index contributed by atoms with van der Waals surface area (Å²) in [5.74, 6) is 2.89. The summed E-state index contributed by atoms with van der Waals surface area (Å²) in [6, 6.07) is 13.6. The standard InChI is InChI=1S/C26H27N5O2/c1-17-12-23(33-18(17)2)19-4-5-21-16-28-24(14-22(21)13-19)29-26(32)20-6-7-27-25(15-20)31-10-8-30(3)9-11-31/h4-7,12-16H,8-11H2,1-3H3,(H,28,29,32). The van der Waals surface area contributed by atoms with Gasteiger partial charge in [-0.1, -0.05) is 12.1 Å². The number of piperazine rings is 1. The Balaban J connectivity index is 1.36.